The number of carbonyl (C=O) groups excluding carboxylic acids is 1. The van der Waals surface area contributed by atoms with E-state index in [-0.39, 0.29) is 12.1 Å². The van der Waals surface area contributed by atoms with Crippen molar-refractivity contribution in [3.63, 3.8) is 0 Å². The van der Waals surface area contributed by atoms with Gasteiger partial charge in [-0.15, -0.1) is 0 Å². The lowest BCUT2D eigenvalue weighted by Crippen LogP contribution is -2.49. The number of hydrogen-bond donors (Lipinski definition) is 0. The molecule has 1 atom stereocenters. The van der Waals surface area contributed by atoms with Crippen LogP contribution in [0.1, 0.15) is 32.4 Å². The number of piperazine rings is 1. The maximum absolute atomic E-state index is 11.5. The van der Waals surface area contributed by atoms with Crippen LogP contribution in [0.5, 0.6) is 0 Å². The zero-order valence-corrected chi connectivity index (χ0v) is 18.6. The Morgan fingerprint density at radius 3 is 2.31 bits per heavy atom. The van der Waals surface area contributed by atoms with E-state index in [9.17, 15) is 4.79 Å². The lowest BCUT2D eigenvalue weighted by atomic mass is 10.1. The van der Waals surface area contributed by atoms with Gasteiger partial charge in [-0.1, -0.05) is 36.4 Å². The molecule has 1 aromatic heterocycles. The van der Waals surface area contributed by atoms with E-state index < -0.39 is 0 Å². The SMILES string of the molecule is CCOC(=O)/C=C/CCCC(N1CCN(c2ccccc2)CC1)n1nc2ccccc2n1. The molecule has 2 heterocycles. The number of ether oxygens (including phenoxy) is 1. The molecule has 2 aromatic carbocycles. The molecule has 0 N–H and O–H groups in total. The number of unbranched alkanes of at least 4 members (excludes halogenated alkanes) is 1. The molecule has 1 fully saturated rings. The minimum Gasteiger partial charge on any atom is -0.463 e. The van der Waals surface area contributed by atoms with Gasteiger partial charge in [0.15, 0.2) is 0 Å². The quantitative estimate of drug-likeness (QED) is 0.288. The number of benzene rings is 2. The van der Waals surface area contributed by atoms with Crippen molar-refractivity contribution in [1.82, 2.24) is 19.9 Å². The second-order valence-corrected chi connectivity index (χ2v) is 7.93. The van der Waals surface area contributed by atoms with Crippen molar-refractivity contribution in [2.45, 2.75) is 32.4 Å². The third kappa shape index (κ3) is 5.53. The number of esters is 1. The molecule has 3 aromatic rings. The molecule has 0 spiro atoms. The Labute approximate surface area is 189 Å². The van der Waals surface area contributed by atoms with Gasteiger partial charge < -0.3 is 9.64 Å². The van der Waals surface area contributed by atoms with Crippen LogP contribution in [0.25, 0.3) is 11.0 Å². The summed E-state index contributed by atoms with van der Waals surface area (Å²) in [5.74, 6) is -0.277. The molecule has 1 unspecified atom stereocenters. The monoisotopic (exact) mass is 433 g/mol. The van der Waals surface area contributed by atoms with E-state index in [1.165, 1.54) is 11.8 Å². The van der Waals surface area contributed by atoms with E-state index in [1.807, 2.05) is 42.1 Å². The minimum absolute atomic E-state index is 0.0938. The van der Waals surface area contributed by atoms with Gasteiger partial charge in [-0.2, -0.15) is 15.0 Å². The van der Waals surface area contributed by atoms with Crippen LogP contribution < -0.4 is 4.90 Å². The summed E-state index contributed by atoms with van der Waals surface area (Å²) in [5.41, 5.74) is 3.11. The predicted octanol–water partition coefficient (Wildman–Crippen LogP) is 4.04. The van der Waals surface area contributed by atoms with E-state index in [2.05, 4.69) is 40.1 Å². The van der Waals surface area contributed by atoms with Crippen molar-refractivity contribution in [2.24, 2.45) is 0 Å². The van der Waals surface area contributed by atoms with Gasteiger partial charge in [0.05, 0.1) is 6.61 Å². The number of carbonyl (C=O) groups is 1. The summed E-state index contributed by atoms with van der Waals surface area (Å²) in [4.78, 5) is 18.3. The van der Waals surface area contributed by atoms with Gasteiger partial charge >= 0.3 is 5.97 Å². The van der Waals surface area contributed by atoms with Crippen molar-refractivity contribution in [2.75, 3.05) is 37.7 Å². The maximum Gasteiger partial charge on any atom is 0.330 e. The first-order valence-corrected chi connectivity index (χ1v) is 11.4. The molecule has 0 aliphatic carbocycles. The molecular formula is C25H31N5O2. The first kappa shape index (κ1) is 22.0. The van der Waals surface area contributed by atoms with E-state index >= 15 is 0 Å². The van der Waals surface area contributed by atoms with Crippen LogP contribution in [0.4, 0.5) is 5.69 Å². The number of allylic oxidation sites excluding steroid dienone is 1. The lowest BCUT2D eigenvalue weighted by Gasteiger charge is -2.39. The Balaban J connectivity index is 1.42. The number of aromatic nitrogens is 3. The van der Waals surface area contributed by atoms with Gasteiger partial charge in [0.2, 0.25) is 0 Å². The zero-order chi connectivity index (χ0) is 22.2. The fraction of sp³-hybridized carbons (Fsp3) is 0.400. The molecule has 0 bridgehead atoms. The van der Waals surface area contributed by atoms with Gasteiger partial charge in [0, 0.05) is 37.9 Å². The fourth-order valence-corrected chi connectivity index (χ4v) is 4.16. The van der Waals surface area contributed by atoms with E-state index in [1.54, 1.807) is 0 Å². The van der Waals surface area contributed by atoms with Crippen LogP contribution in [0, 0.1) is 0 Å². The Morgan fingerprint density at radius 1 is 1.00 bits per heavy atom. The molecule has 168 valence electrons. The van der Waals surface area contributed by atoms with Crippen LogP contribution >= 0.6 is 0 Å². The second-order valence-electron chi connectivity index (χ2n) is 7.93. The predicted molar refractivity (Wildman–Crippen MR) is 126 cm³/mol. The molecule has 1 saturated heterocycles. The van der Waals surface area contributed by atoms with Crippen molar-refractivity contribution in [3.05, 3.63) is 66.7 Å². The van der Waals surface area contributed by atoms with Gasteiger partial charge in [-0.05, 0) is 50.5 Å². The number of para-hydroxylation sites is 1. The second kappa shape index (κ2) is 10.9. The number of hydrogen-bond acceptors (Lipinski definition) is 6. The summed E-state index contributed by atoms with van der Waals surface area (Å²) in [5, 5.41) is 9.55. The number of fused-ring (bicyclic) bond motifs is 1. The van der Waals surface area contributed by atoms with Crippen LogP contribution in [0.3, 0.4) is 0 Å². The summed E-state index contributed by atoms with van der Waals surface area (Å²) in [7, 11) is 0. The molecule has 32 heavy (non-hydrogen) atoms. The third-order valence-corrected chi connectivity index (χ3v) is 5.80. The molecule has 1 aliphatic rings. The highest BCUT2D eigenvalue weighted by atomic mass is 16.5. The van der Waals surface area contributed by atoms with Gasteiger partial charge in [0.1, 0.15) is 17.2 Å². The average molecular weight is 434 g/mol. The Hall–Kier alpha value is -3.19. The Kier molecular flexibility index (Phi) is 7.51. The molecule has 0 amide bonds. The highest BCUT2D eigenvalue weighted by Crippen LogP contribution is 2.24. The summed E-state index contributed by atoms with van der Waals surface area (Å²) in [6, 6.07) is 18.6. The standard InChI is InChI=1S/C25H31N5O2/c1-2-32-25(31)16-8-4-7-15-24(30-26-22-13-9-10-14-23(22)27-30)29-19-17-28(18-20-29)21-11-5-3-6-12-21/h3,5-6,8-14,16,24H,2,4,7,15,17-20H2,1H3/b16-8+. The number of rotatable bonds is 9. The summed E-state index contributed by atoms with van der Waals surface area (Å²) in [6.45, 7) is 6.08. The fourth-order valence-electron chi connectivity index (χ4n) is 4.16. The number of anilines is 1. The highest BCUT2D eigenvalue weighted by Gasteiger charge is 2.26. The van der Waals surface area contributed by atoms with Crippen LogP contribution in [-0.4, -0.2) is 58.6 Å². The van der Waals surface area contributed by atoms with E-state index in [0.29, 0.717) is 6.61 Å². The topological polar surface area (TPSA) is 63.5 Å². The normalized spacial score (nSPS) is 16.0. The van der Waals surface area contributed by atoms with Crippen molar-refractivity contribution in [3.8, 4) is 0 Å². The molecule has 4 rings (SSSR count). The first-order chi connectivity index (χ1) is 15.7. The van der Waals surface area contributed by atoms with Crippen molar-refractivity contribution in [1.29, 1.82) is 0 Å². The van der Waals surface area contributed by atoms with E-state index in [4.69, 9.17) is 14.9 Å². The van der Waals surface area contributed by atoms with Crippen LogP contribution in [-0.2, 0) is 9.53 Å². The largest absolute Gasteiger partial charge is 0.463 e. The Bertz CT molecular complexity index is 992. The summed E-state index contributed by atoms with van der Waals surface area (Å²) in [6.07, 6.45) is 6.19. The van der Waals surface area contributed by atoms with Gasteiger partial charge in [-0.25, -0.2) is 4.79 Å². The summed E-state index contributed by atoms with van der Waals surface area (Å²) < 4.78 is 4.95. The average Bonchev–Trinajstić information content (AvgIpc) is 3.26. The van der Waals surface area contributed by atoms with E-state index in [0.717, 1.165) is 56.5 Å². The minimum atomic E-state index is -0.277. The molecule has 0 radical (unpaired) electrons. The third-order valence-electron chi connectivity index (χ3n) is 5.80. The summed E-state index contributed by atoms with van der Waals surface area (Å²) >= 11 is 0. The van der Waals surface area contributed by atoms with Gasteiger partial charge in [-0.3, -0.25) is 4.90 Å². The zero-order valence-electron chi connectivity index (χ0n) is 18.6. The highest BCUT2D eigenvalue weighted by molar-refractivity contribution is 5.81. The van der Waals surface area contributed by atoms with Crippen molar-refractivity contribution < 1.29 is 9.53 Å². The van der Waals surface area contributed by atoms with Crippen LogP contribution in [0.2, 0.25) is 0 Å². The van der Waals surface area contributed by atoms with Crippen LogP contribution in [0.15, 0.2) is 66.7 Å². The Morgan fingerprint density at radius 2 is 1.66 bits per heavy atom. The molecule has 7 nitrogen and oxygen atoms in total. The molecule has 1 aliphatic heterocycles. The van der Waals surface area contributed by atoms with Gasteiger partial charge in [0.25, 0.3) is 0 Å². The first-order valence-electron chi connectivity index (χ1n) is 11.4. The number of nitrogens with zero attached hydrogens (tertiary/aromatic N) is 5. The molecule has 7 heteroatoms. The molecule has 0 saturated carbocycles. The van der Waals surface area contributed by atoms with Crippen molar-refractivity contribution >= 4 is 22.7 Å². The lowest BCUT2D eigenvalue weighted by molar-refractivity contribution is -0.137. The smallest absolute Gasteiger partial charge is 0.330 e. The maximum atomic E-state index is 11.5. The molecular weight excluding hydrogens is 402 g/mol.